The SMILES string of the molecule is CCCC(CNC(C)(C)C)Oc1cc(OC)cc(OC)c1. The maximum atomic E-state index is 6.11. The third-order valence-electron chi connectivity index (χ3n) is 3.10. The average Bonchev–Trinajstić information content (AvgIpc) is 2.43. The molecule has 0 spiro atoms. The van der Waals surface area contributed by atoms with Gasteiger partial charge in [-0.1, -0.05) is 13.3 Å². The molecule has 4 nitrogen and oxygen atoms in total. The third-order valence-corrected chi connectivity index (χ3v) is 3.10. The van der Waals surface area contributed by atoms with Crippen LogP contribution in [0.3, 0.4) is 0 Å². The summed E-state index contributed by atoms with van der Waals surface area (Å²) in [6.45, 7) is 9.45. The molecule has 1 atom stereocenters. The maximum absolute atomic E-state index is 6.11. The first-order valence-electron chi connectivity index (χ1n) is 7.52. The normalized spacial score (nSPS) is 12.9. The Hall–Kier alpha value is -1.42. The van der Waals surface area contributed by atoms with Crippen molar-refractivity contribution in [1.29, 1.82) is 0 Å². The van der Waals surface area contributed by atoms with E-state index in [0.717, 1.165) is 36.6 Å². The summed E-state index contributed by atoms with van der Waals surface area (Å²) < 4.78 is 16.7. The second-order valence-corrected chi connectivity index (χ2v) is 6.21. The van der Waals surface area contributed by atoms with Gasteiger partial charge in [-0.25, -0.2) is 0 Å². The number of hydrogen-bond acceptors (Lipinski definition) is 4. The summed E-state index contributed by atoms with van der Waals surface area (Å²) in [4.78, 5) is 0. The highest BCUT2D eigenvalue weighted by Gasteiger charge is 2.16. The fourth-order valence-electron chi connectivity index (χ4n) is 1.99. The number of rotatable bonds is 8. The molecule has 1 unspecified atom stereocenters. The Balaban J connectivity index is 2.77. The van der Waals surface area contributed by atoms with Gasteiger partial charge in [0, 0.05) is 30.3 Å². The Morgan fingerprint density at radius 3 is 1.95 bits per heavy atom. The van der Waals surface area contributed by atoms with Gasteiger partial charge < -0.3 is 19.5 Å². The van der Waals surface area contributed by atoms with Gasteiger partial charge in [-0.2, -0.15) is 0 Å². The number of benzene rings is 1. The van der Waals surface area contributed by atoms with Gasteiger partial charge in [0.05, 0.1) is 14.2 Å². The molecule has 1 aromatic rings. The van der Waals surface area contributed by atoms with Crippen molar-refractivity contribution in [3.63, 3.8) is 0 Å². The van der Waals surface area contributed by atoms with Gasteiger partial charge in [0.15, 0.2) is 0 Å². The standard InChI is InChI=1S/C17H29NO3/c1-7-8-13(12-18-17(2,3)4)21-16-10-14(19-5)9-15(11-16)20-6/h9-11,13,18H,7-8,12H2,1-6H3. The van der Waals surface area contributed by atoms with Gasteiger partial charge in [0.1, 0.15) is 23.4 Å². The highest BCUT2D eigenvalue weighted by molar-refractivity contribution is 5.42. The van der Waals surface area contributed by atoms with Crippen molar-refractivity contribution in [2.24, 2.45) is 0 Å². The van der Waals surface area contributed by atoms with E-state index < -0.39 is 0 Å². The predicted octanol–water partition coefficient (Wildman–Crippen LogP) is 3.64. The second-order valence-electron chi connectivity index (χ2n) is 6.21. The average molecular weight is 295 g/mol. The van der Waals surface area contributed by atoms with E-state index in [0.29, 0.717) is 0 Å². The van der Waals surface area contributed by atoms with Crippen LogP contribution in [0, 0.1) is 0 Å². The molecule has 0 fully saturated rings. The number of ether oxygens (including phenoxy) is 3. The van der Waals surface area contributed by atoms with Crippen LogP contribution in [-0.2, 0) is 0 Å². The highest BCUT2D eigenvalue weighted by Crippen LogP contribution is 2.28. The van der Waals surface area contributed by atoms with E-state index in [2.05, 4.69) is 33.0 Å². The zero-order chi connectivity index (χ0) is 15.9. The van der Waals surface area contributed by atoms with Crippen LogP contribution in [0.15, 0.2) is 18.2 Å². The van der Waals surface area contributed by atoms with Crippen molar-refractivity contribution >= 4 is 0 Å². The lowest BCUT2D eigenvalue weighted by Crippen LogP contribution is -2.42. The predicted molar refractivity (Wildman–Crippen MR) is 86.6 cm³/mol. The van der Waals surface area contributed by atoms with E-state index in [1.165, 1.54) is 0 Å². The van der Waals surface area contributed by atoms with Crippen molar-refractivity contribution in [1.82, 2.24) is 5.32 Å². The maximum Gasteiger partial charge on any atom is 0.127 e. The first-order valence-corrected chi connectivity index (χ1v) is 7.52. The Morgan fingerprint density at radius 2 is 1.52 bits per heavy atom. The Bertz CT molecular complexity index is 404. The van der Waals surface area contributed by atoms with E-state index in [-0.39, 0.29) is 11.6 Å². The fourth-order valence-corrected chi connectivity index (χ4v) is 1.99. The van der Waals surface area contributed by atoms with Crippen LogP contribution < -0.4 is 19.5 Å². The Morgan fingerprint density at radius 1 is 1.00 bits per heavy atom. The molecule has 1 aromatic carbocycles. The van der Waals surface area contributed by atoms with Crippen LogP contribution >= 0.6 is 0 Å². The minimum Gasteiger partial charge on any atom is -0.496 e. The van der Waals surface area contributed by atoms with Gasteiger partial charge >= 0.3 is 0 Å². The molecule has 0 saturated carbocycles. The summed E-state index contributed by atoms with van der Waals surface area (Å²) in [7, 11) is 3.28. The van der Waals surface area contributed by atoms with Gasteiger partial charge in [0.2, 0.25) is 0 Å². The lowest BCUT2D eigenvalue weighted by molar-refractivity contribution is 0.174. The van der Waals surface area contributed by atoms with Crippen molar-refractivity contribution in [3.8, 4) is 17.2 Å². The summed E-state index contributed by atoms with van der Waals surface area (Å²) in [5.41, 5.74) is 0.0847. The molecule has 0 saturated heterocycles. The minimum absolute atomic E-state index is 0.0847. The third kappa shape index (κ3) is 6.71. The molecule has 0 aliphatic rings. The Kier molecular flexibility index (Phi) is 6.82. The molecular weight excluding hydrogens is 266 g/mol. The van der Waals surface area contributed by atoms with E-state index >= 15 is 0 Å². The molecular formula is C17H29NO3. The summed E-state index contributed by atoms with van der Waals surface area (Å²) in [5, 5.41) is 3.50. The molecule has 0 amide bonds. The molecule has 0 aliphatic heterocycles. The molecule has 0 radical (unpaired) electrons. The van der Waals surface area contributed by atoms with Gasteiger partial charge in [-0.3, -0.25) is 0 Å². The van der Waals surface area contributed by atoms with E-state index in [1.807, 2.05) is 18.2 Å². The molecule has 0 bridgehead atoms. The second kappa shape index (κ2) is 8.13. The molecule has 0 aromatic heterocycles. The summed E-state index contributed by atoms with van der Waals surface area (Å²) in [5.74, 6) is 2.26. The van der Waals surface area contributed by atoms with Crippen LogP contribution in [0.1, 0.15) is 40.5 Å². The Labute approximate surface area is 128 Å². The van der Waals surface area contributed by atoms with Crippen LogP contribution in [0.4, 0.5) is 0 Å². The minimum atomic E-state index is 0.0847. The first-order chi connectivity index (χ1) is 9.87. The van der Waals surface area contributed by atoms with Crippen LogP contribution in [0.25, 0.3) is 0 Å². The van der Waals surface area contributed by atoms with E-state index in [1.54, 1.807) is 14.2 Å². The fraction of sp³-hybridized carbons (Fsp3) is 0.647. The number of nitrogens with one attached hydrogen (secondary N) is 1. The molecule has 1 rings (SSSR count). The van der Waals surface area contributed by atoms with Crippen LogP contribution in [0.5, 0.6) is 17.2 Å². The van der Waals surface area contributed by atoms with Crippen molar-refractivity contribution in [2.45, 2.75) is 52.2 Å². The van der Waals surface area contributed by atoms with Gasteiger partial charge in [-0.15, -0.1) is 0 Å². The monoisotopic (exact) mass is 295 g/mol. The highest BCUT2D eigenvalue weighted by atomic mass is 16.5. The zero-order valence-electron chi connectivity index (χ0n) is 14.2. The molecule has 4 heteroatoms. The number of hydrogen-bond donors (Lipinski definition) is 1. The van der Waals surface area contributed by atoms with Crippen molar-refractivity contribution < 1.29 is 14.2 Å². The van der Waals surface area contributed by atoms with Gasteiger partial charge in [0.25, 0.3) is 0 Å². The summed E-state index contributed by atoms with van der Waals surface area (Å²) in [6.07, 6.45) is 2.21. The lowest BCUT2D eigenvalue weighted by Gasteiger charge is -2.26. The van der Waals surface area contributed by atoms with Crippen LogP contribution in [0.2, 0.25) is 0 Å². The summed E-state index contributed by atoms with van der Waals surface area (Å²) in [6, 6.07) is 5.62. The zero-order valence-corrected chi connectivity index (χ0v) is 14.2. The van der Waals surface area contributed by atoms with Gasteiger partial charge in [-0.05, 0) is 27.2 Å². The smallest absolute Gasteiger partial charge is 0.127 e. The van der Waals surface area contributed by atoms with Crippen molar-refractivity contribution in [3.05, 3.63) is 18.2 Å². The lowest BCUT2D eigenvalue weighted by atomic mass is 10.1. The molecule has 0 aliphatic carbocycles. The van der Waals surface area contributed by atoms with Crippen LogP contribution in [-0.4, -0.2) is 32.4 Å². The molecule has 0 heterocycles. The largest absolute Gasteiger partial charge is 0.496 e. The summed E-state index contributed by atoms with van der Waals surface area (Å²) >= 11 is 0. The van der Waals surface area contributed by atoms with E-state index in [9.17, 15) is 0 Å². The van der Waals surface area contributed by atoms with Crippen molar-refractivity contribution in [2.75, 3.05) is 20.8 Å². The quantitative estimate of drug-likeness (QED) is 0.795. The number of methoxy groups -OCH3 is 2. The topological polar surface area (TPSA) is 39.7 Å². The van der Waals surface area contributed by atoms with E-state index in [4.69, 9.17) is 14.2 Å². The molecule has 21 heavy (non-hydrogen) atoms. The molecule has 120 valence electrons. The molecule has 1 N–H and O–H groups in total. The first kappa shape index (κ1) is 17.6.